The third kappa shape index (κ3) is 4.65. The zero-order valence-corrected chi connectivity index (χ0v) is 16.7. The smallest absolute Gasteiger partial charge is 0.225 e. The molecule has 6 heteroatoms. The SMILES string of the molecule is Cc1ccc(CS(=O)(=O)N2CCC(C(=O)N3CCC[C@H](C)C3)CC2)cc1. The van der Waals surface area contributed by atoms with Crippen molar-refractivity contribution in [2.75, 3.05) is 26.2 Å². The Morgan fingerprint density at radius 1 is 1.08 bits per heavy atom. The largest absolute Gasteiger partial charge is 0.342 e. The quantitative estimate of drug-likeness (QED) is 0.809. The number of sulfonamides is 1. The second kappa shape index (κ2) is 8.09. The van der Waals surface area contributed by atoms with E-state index >= 15 is 0 Å². The number of benzene rings is 1. The van der Waals surface area contributed by atoms with Gasteiger partial charge in [-0.05, 0) is 44.1 Å². The number of likely N-dealkylation sites (tertiary alicyclic amines) is 1. The van der Waals surface area contributed by atoms with Crippen LogP contribution in [-0.4, -0.2) is 49.7 Å². The summed E-state index contributed by atoms with van der Waals surface area (Å²) in [7, 11) is -3.32. The van der Waals surface area contributed by atoms with Crippen LogP contribution in [0.15, 0.2) is 24.3 Å². The summed E-state index contributed by atoms with van der Waals surface area (Å²) in [5.74, 6) is 0.816. The molecule has 26 heavy (non-hydrogen) atoms. The van der Waals surface area contributed by atoms with Gasteiger partial charge in [0.25, 0.3) is 0 Å². The van der Waals surface area contributed by atoms with Crippen LogP contribution < -0.4 is 0 Å². The molecule has 0 unspecified atom stereocenters. The lowest BCUT2D eigenvalue weighted by Crippen LogP contribution is -2.47. The third-order valence-electron chi connectivity index (χ3n) is 5.63. The van der Waals surface area contributed by atoms with Gasteiger partial charge < -0.3 is 4.90 Å². The van der Waals surface area contributed by atoms with E-state index in [0.717, 1.165) is 30.6 Å². The highest BCUT2D eigenvalue weighted by Crippen LogP contribution is 2.25. The minimum Gasteiger partial charge on any atom is -0.342 e. The van der Waals surface area contributed by atoms with E-state index in [1.807, 2.05) is 36.1 Å². The van der Waals surface area contributed by atoms with Crippen molar-refractivity contribution in [3.63, 3.8) is 0 Å². The predicted octanol–water partition coefficient (Wildman–Crippen LogP) is 2.80. The number of aryl methyl sites for hydroxylation is 1. The van der Waals surface area contributed by atoms with Crippen molar-refractivity contribution >= 4 is 15.9 Å². The summed E-state index contributed by atoms with van der Waals surface area (Å²) >= 11 is 0. The molecule has 2 aliphatic rings. The lowest BCUT2D eigenvalue weighted by Gasteiger charge is -2.36. The van der Waals surface area contributed by atoms with E-state index in [9.17, 15) is 13.2 Å². The molecule has 0 aliphatic carbocycles. The van der Waals surface area contributed by atoms with Crippen molar-refractivity contribution in [1.29, 1.82) is 0 Å². The Labute approximate surface area is 157 Å². The molecule has 0 saturated carbocycles. The van der Waals surface area contributed by atoms with Crippen LogP contribution in [0, 0.1) is 18.8 Å². The van der Waals surface area contributed by atoms with Crippen LogP contribution in [0.25, 0.3) is 0 Å². The summed E-state index contributed by atoms with van der Waals surface area (Å²) in [6, 6.07) is 7.63. The Balaban J connectivity index is 1.55. The number of amides is 1. The minimum absolute atomic E-state index is 0.0221. The Morgan fingerprint density at radius 2 is 1.73 bits per heavy atom. The summed E-state index contributed by atoms with van der Waals surface area (Å²) in [6.07, 6.45) is 3.55. The van der Waals surface area contributed by atoms with Gasteiger partial charge in [0.05, 0.1) is 5.75 Å². The van der Waals surface area contributed by atoms with Crippen molar-refractivity contribution < 1.29 is 13.2 Å². The van der Waals surface area contributed by atoms with Crippen molar-refractivity contribution in [2.45, 2.75) is 45.3 Å². The molecule has 144 valence electrons. The van der Waals surface area contributed by atoms with E-state index in [4.69, 9.17) is 0 Å². The maximum Gasteiger partial charge on any atom is 0.225 e. The van der Waals surface area contributed by atoms with Crippen LogP contribution in [0.3, 0.4) is 0 Å². The monoisotopic (exact) mass is 378 g/mol. The Kier molecular flexibility index (Phi) is 6.03. The molecule has 1 amide bonds. The number of carbonyl (C=O) groups is 1. The summed E-state index contributed by atoms with van der Waals surface area (Å²) in [5, 5.41) is 0. The summed E-state index contributed by atoms with van der Waals surface area (Å²) in [4.78, 5) is 14.7. The molecule has 3 rings (SSSR count). The van der Waals surface area contributed by atoms with Gasteiger partial charge in [0, 0.05) is 32.1 Å². The average molecular weight is 379 g/mol. The fraction of sp³-hybridized carbons (Fsp3) is 0.650. The average Bonchev–Trinajstić information content (AvgIpc) is 2.63. The summed E-state index contributed by atoms with van der Waals surface area (Å²) in [5.41, 5.74) is 1.94. The number of hydrogen-bond acceptors (Lipinski definition) is 3. The second-order valence-electron chi connectivity index (χ2n) is 7.95. The fourth-order valence-corrected chi connectivity index (χ4v) is 5.58. The van der Waals surface area contributed by atoms with Gasteiger partial charge in [0.2, 0.25) is 15.9 Å². The molecule has 2 aliphatic heterocycles. The fourth-order valence-electron chi connectivity index (χ4n) is 4.01. The molecule has 5 nitrogen and oxygen atoms in total. The molecule has 0 aromatic heterocycles. The Hall–Kier alpha value is -1.40. The number of carbonyl (C=O) groups excluding carboxylic acids is 1. The molecule has 0 radical (unpaired) electrons. The highest BCUT2D eigenvalue weighted by atomic mass is 32.2. The van der Waals surface area contributed by atoms with E-state index < -0.39 is 10.0 Å². The minimum atomic E-state index is -3.32. The van der Waals surface area contributed by atoms with E-state index in [-0.39, 0.29) is 17.6 Å². The summed E-state index contributed by atoms with van der Waals surface area (Å²) in [6.45, 7) is 6.80. The van der Waals surface area contributed by atoms with Crippen molar-refractivity contribution in [3.8, 4) is 0 Å². The van der Waals surface area contributed by atoms with Gasteiger partial charge in [-0.2, -0.15) is 0 Å². The van der Waals surface area contributed by atoms with Crippen LogP contribution in [0.2, 0.25) is 0 Å². The van der Waals surface area contributed by atoms with Gasteiger partial charge in [-0.15, -0.1) is 0 Å². The first-order valence-corrected chi connectivity index (χ1v) is 11.3. The Morgan fingerprint density at radius 3 is 2.35 bits per heavy atom. The highest BCUT2D eigenvalue weighted by Gasteiger charge is 2.34. The van der Waals surface area contributed by atoms with Crippen molar-refractivity contribution in [1.82, 2.24) is 9.21 Å². The molecule has 1 atom stereocenters. The van der Waals surface area contributed by atoms with E-state index in [1.54, 1.807) is 4.31 Å². The molecular formula is C20H30N2O3S. The van der Waals surface area contributed by atoms with Gasteiger partial charge in [-0.1, -0.05) is 36.8 Å². The van der Waals surface area contributed by atoms with Gasteiger partial charge in [-0.25, -0.2) is 12.7 Å². The van der Waals surface area contributed by atoms with Gasteiger partial charge in [0.1, 0.15) is 0 Å². The number of hydrogen-bond donors (Lipinski definition) is 0. The topological polar surface area (TPSA) is 57.7 Å². The molecule has 2 heterocycles. The molecule has 2 fully saturated rings. The number of piperidine rings is 2. The van der Waals surface area contributed by atoms with Gasteiger partial charge in [-0.3, -0.25) is 4.79 Å². The molecule has 0 spiro atoms. The first-order valence-electron chi connectivity index (χ1n) is 9.67. The van der Waals surface area contributed by atoms with Crippen LogP contribution in [-0.2, 0) is 20.6 Å². The maximum atomic E-state index is 12.7. The van der Waals surface area contributed by atoms with Gasteiger partial charge >= 0.3 is 0 Å². The van der Waals surface area contributed by atoms with Crippen molar-refractivity contribution in [3.05, 3.63) is 35.4 Å². The lowest BCUT2D eigenvalue weighted by atomic mass is 9.93. The van der Waals surface area contributed by atoms with Crippen LogP contribution in [0.1, 0.15) is 43.7 Å². The first-order chi connectivity index (χ1) is 12.3. The molecule has 1 aromatic carbocycles. The van der Waals surface area contributed by atoms with Crippen molar-refractivity contribution in [2.24, 2.45) is 11.8 Å². The Bertz CT molecular complexity index is 722. The van der Waals surface area contributed by atoms with Crippen LogP contribution in [0.5, 0.6) is 0 Å². The normalized spacial score (nSPS) is 23.2. The number of nitrogens with zero attached hydrogens (tertiary/aromatic N) is 2. The highest BCUT2D eigenvalue weighted by molar-refractivity contribution is 7.88. The van der Waals surface area contributed by atoms with E-state index in [1.165, 1.54) is 6.42 Å². The zero-order chi connectivity index (χ0) is 18.7. The molecule has 0 bridgehead atoms. The van der Waals surface area contributed by atoms with E-state index in [2.05, 4.69) is 6.92 Å². The second-order valence-corrected chi connectivity index (χ2v) is 9.92. The van der Waals surface area contributed by atoms with Crippen LogP contribution in [0.4, 0.5) is 0 Å². The number of rotatable bonds is 4. The maximum absolute atomic E-state index is 12.7. The van der Waals surface area contributed by atoms with Gasteiger partial charge in [0.15, 0.2) is 0 Å². The predicted molar refractivity (Wildman–Crippen MR) is 103 cm³/mol. The first kappa shape index (κ1) is 19.4. The molecule has 1 aromatic rings. The lowest BCUT2D eigenvalue weighted by molar-refractivity contribution is -0.138. The standard InChI is InChI=1S/C20H30N2O3S/c1-16-5-7-18(8-6-16)15-26(24,25)22-12-9-19(10-13-22)20(23)21-11-3-4-17(2)14-21/h5-8,17,19H,3-4,9-15H2,1-2H3/t17-/m0/s1. The molecule has 2 saturated heterocycles. The van der Waals surface area contributed by atoms with E-state index in [0.29, 0.717) is 31.8 Å². The van der Waals surface area contributed by atoms with Crippen LogP contribution >= 0.6 is 0 Å². The molecule has 0 N–H and O–H groups in total. The third-order valence-corrected chi connectivity index (χ3v) is 7.48. The molecular weight excluding hydrogens is 348 g/mol. The summed E-state index contributed by atoms with van der Waals surface area (Å²) < 4.78 is 26.9. The zero-order valence-electron chi connectivity index (χ0n) is 15.9.